The van der Waals surface area contributed by atoms with E-state index in [4.69, 9.17) is 4.74 Å². The molecule has 1 aromatic rings. The molecule has 1 aromatic carbocycles. The maximum absolute atomic E-state index is 13.5. The largest absolute Gasteiger partial charge is 0.479 e. The summed E-state index contributed by atoms with van der Waals surface area (Å²) < 4.78 is 32.4. The van der Waals surface area contributed by atoms with Crippen molar-refractivity contribution in [2.75, 3.05) is 18.2 Å². The Balaban J connectivity index is 2.19. The maximum Gasteiger partial charge on any atom is 0.191 e. The van der Waals surface area contributed by atoms with Crippen LogP contribution in [0.5, 0.6) is 0 Å². The van der Waals surface area contributed by atoms with Gasteiger partial charge in [-0.05, 0) is 56.5 Å². The van der Waals surface area contributed by atoms with Crippen LogP contribution in [0.4, 0.5) is 14.5 Å². The molecule has 1 aliphatic rings. The van der Waals surface area contributed by atoms with E-state index in [1.807, 2.05) is 30.3 Å². The number of ether oxygens (including phenoxy) is 1. The quantitative estimate of drug-likeness (QED) is 0.405. The number of allylic oxidation sites excluding steroid dienone is 3. The average Bonchev–Trinajstić information content (AvgIpc) is 2.62. The van der Waals surface area contributed by atoms with Crippen LogP contribution in [-0.2, 0) is 4.74 Å². The minimum Gasteiger partial charge on any atom is -0.479 e. The van der Waals surface area contributed by atoms with Gasteiger partial charge in [-0.1, -0.05) is 37.5 Å². The smallest absolute Gasteiger partial charge is 0.191 e. The number of rotatable bonds is 8. The molecular formula is C21H27F2NO. The van der Waals surface area contributed by atoms with Gasteiger partial charge in [0.1, 0.15) is 6.67 Å². The number of nitrogens with zero attached hydrogens (tertiary/aromatic N) is 1. The van der Waals surface area contributed by atoms with Gasteiger partial charge >= 0.3 is 0 Å². The molecule has 136 valence electrons. The second kappa shape index (κ2) is 10.0. The van der Waals surface area contributed by atoms with E-state index in [2.05, 4.69) is 6.58 Å². The first-order chi connectivity index (χ1) is 12.1. The molecule has 0 aliphatic heterocycles. The monoisotopic (exact) mass is 347 g/mol. The summed E-state index contributed by atoms with van der Waals surface area (Å²) in [5, 5.41) is 0. The van der Waals surface area contributed by atoms with Crippen molar-refractivity contribution in [2.45, 2.75) is 39.0 Å². The van der Waals surface area contributed by atoms with Crippen molar-refractivity contribution in [1.82, 2.24) is 0 Å². The predicted molar refractivity (Wildman–Crippen MR) is 99.5 cm³/mol. The molecule has 25 heavy (non-hydrogen) atoms. The fraction of sp³-hybridized carbons (Fsp3) is 0.429. The van der Waals surface area contributed by atoms with Crippen molar-refractivity contribution >= 4 is 5.69 Å². The molecule has 0 saturated heterocycles. The minimum absolute atomic E-state index is 0.377. The summed E-state index contributed by atoms with van der Waals surface area (Å²) in [6, 6.07) is 9.36. The van der Waals surface area contributed by atoms with Gasteiger partial charge in [0.15, 0.2) is 5.88 Å². The lowest BCUT2D eigenvalue weighted by Crippen LogP contribution is -2.24. The van der Waals surface area contributed by atoms with Crippen molar-refractivity contribution in [3.8, 4) is 0 Å². The number of anilines is 1. The zero-order valence-corrected chi connectivity index (χ0v) is 14.9. The summed E-state index contributed by atoms with van der Waals surface area (Å²) in [5.74, 6) is 0.505. The number of benzene rings is 1. The Bertz CT molecular complexity index is 600. The van der Waals surface area contributed by atoms with Crippen LogP contribution >= 0.6 is 0 Å². The van der Waals surface area contributed by atoms with Gasteiger partial charge in [-0.2, -0.15) is 0 Å². The molecule has 0 amide bonds. The molecule has 1 saturated carbocycles. The first-order valence-corrected chi connectivity index (χ1v) is 8.88. The Kier molecular flexibility index (Phi) is 7.71. The van der Waals surface area contributed by atoms with Crippen LogP contribution in [0.2, 0.25) is 0 Å². The van der Waals surface area contributed by atoms with E-state index < -0.39 is 12.5 Å². The fourth-order valence-electron chi connectivity index (χ4n) is 3.14. The highest BCUT2D eigenvalue weighted by Crippen LogP contribution is 2.28. The topological polar surface area (TPSA) is 12.5 Å². The Morgan fingerprint density at radius 1 is 1.24 bits per heavy atom. The van der Waals surface area contributed by atoms with Crippen LogP contribution in [-0.4, -0.2) is 13.3 Å². The van der Waals surface area contributed by atoms with E-state index in [0.717, 1.165) is 18.5 Å². The zero-order valence-electron chi connectivity index (χ0n) is 14.9. The second-order valence-corrected chi connectivity index (χ2v) is 6.39. The van der Waals surface area contributed by atoms with Gasteiger partial charge in [0.25, 0.3) is 0 Å². The van der Waals surface area contributed by atoms with E-state index in [-0.39, 0.29) is 0 Å². The van der Waals surface area contributed by atoms with Gasteiger partial charge < -0.3 is 4.74 Å². The van der Waals surface area contributed by atoms with Gasteiger partial charge in [-0.15, -0.1) is 0 Å². The molecular weight excluding hydrogens is 320 g/mol. The van der Waals surface area contributed by atoms with E-state index >= 15 is 0 Å². The van der Waals surface area contributed by atoms with Crippen molar-refractivity contribution in [1.29, 1.82) is 0 Å². The molecule has 1 fully saturated rings. The fourth-order valence-corrected chi connectivity index (χ4v) is 3.14. The summed E-state index contributed by atoms with van der Waals surface area (Å²) >= 11 is 0. The number of hydrogen-bond acceptors (Lipinski definition) is 2. The molecule has 1 aliphatic carbocycles. The number of alkyl halides is 1. The van der Waals surface area contributed by atoms with Gasteiger partial charge in [-0.3, -0.25) is 4.90 Å². The molecule has 0 spiro atoms. The summed E-state index contributed by atoms with van der Waals surface area (Å²) in [4.78, 5) is 1.66. The Morgan fingerprint density at radius 2 is 1.92 bits per heavy atom. The highest BCUT2D eigenvalue weighted by Gasteiger charge is 2.19. The summed E-state index contributed by atoms with van der Waals surface area (Å²) in [7, 11) is 0. The molecule has 0 atom stereocenters. The van der Waals surface area contributed by atoms with Gasteiger partial charge in [0, 0.05) is 5.69 Å². The molecule has 2 rings (SSSR count). The number of hydrogen-bond donors (Lipinski definition) is 0. The Hall–Kier alpha value is -2.10. The molecule has 2 nitrogen and oxygen atoms in total. The van der Waals surface area contributed by atoms with Crippen LogP contribution in [0.25, 0.3) is 0 Å². The minimum atomic E-state index is -0.696. The van der Waals surface area contributed by atoms with Gasteiger partial charge in [0.05, 0.1) is 18.1 Å². The van der Waals surface area contributed by atoms with Crippen molar-refractivity contribution in [3.63, 3.8) is 0 Å². The number of halogens is 2. The third-order valence-electron chi connectivity index (χ3n) is 4.37. The van der Waals surface area contributed by atoms with Crippen LogP contribution in [0.3, 0.4) is 0 Å². The molecule has 0 radical (unpaired) electrons. The Morgan fingerprint density at radius 3 is 2.52 bits per heavy atom. The normalized spacial score (nSPS) is 16.6. The van der Waals surface area contributed by atoms with Gasteiger partial charge in [0.2, 0.25) is 0 Å². The lowest BCUT2D eigenvalue weighted by atomic mass is 9.90. The summed E-state index contributed by atoms with van der Waals surface area (Å²) in [6.45, 7) is 5.24. The molecule has 0 aromatic heterocycles. The van der Waals surface area contributed by atoms with Crippen molar-refractivity contribution < 1.29 is 13.5 Å². The van der Waals surface area contributed by atoms with Crippen molar-refractivity contribution in [3.05, 3.63) is 66.5 Å². The average molecular weight is 347 g/mol. The lowest BCUT2D eigenvalue weighted by Gasteiger charge is -2.29. The first-order valence-electron chi connectivity index (χ1n) is 8.88. The van der Waals surface area contributed by atoms with Crippen LogP contribution in [0.15, 0.2) is 66.5 Å². The van der Waals surface area contributed by atoms with Crippen molar-refractivity contribution in [2.24, 2.45) is 5.92 Å². The molecule has 0 unspecified atom stereocenters. The second-order valence-electron chi connectivity index (χ2n) is 6.39. The summed E-state index contributed by atoms with van der Waals surface area (Å²) in [5.41, 5.74) is 1.13. The third-order valence-corrected chi connectivity index (χ3v) is 4.37. The first kappa shape index (κ1) is 19.2. The Labute approximate surface area is 149 Å². The predicted octanol–water partition coefficient (Wildman–Crippen LogP) is 6.29. The summed E-state index contributed by atoms with van der Waals surface area (Å²) in [6.07, 6.45) is 8.70. The molecule has 4 heteroatoms. The molecule has 0 heterocycles. The zero-order chi connectivity index (χ0) is 18.1. The van der Waals surface area contributed by atoms with E-state index in [0.29, 0.717) is 24.1 Å². The molecule has 0 N–H and O–H groups in total. The highest BCUT2D eigenvalue weighted by molar-refractivity contribution is 5.59. The van der Waals surface area contributed by atoms with Crippen LogP contribution in [0, 0.1) is 5.92 Å². The highest BCUT2D eigenvalue weighted by atomic mass is 19.1. The van der Waals surface area contributed by atoms with Crippen LogP contribution in [0.1, 0.15) is 39.0 Å². The number of para-hydroxylation sites is 1. The van der Waals surface area contributed by atoms with E-state index in [1.54, 1.807) is 4.90 Å². The van der Waals surface area contributed by atoms with E-state index in [1.165, 1.54) is 38.3 Å². The third kappa shape index (κ3) is 6.04. The maximum atomic E-state index is 13.5. The lowest BCUT2D eigenvalue weighted by molar-refractivity contribution is 0.140. The van der Waals surface area contributed by atoms with E-state index in [9.17, 15) is 8.78 Å². The molecule has 0 bridgehead atoms. The SMILES string of the molecule is C=C(OCC1CCCCC1)N(C(/C=C(\C)F)=C/CF)c1ccccc1. The van der Waals surface area contributed by atoms with Crippen LogP contribution < -0.4 is 4.90 Å². The standard InChI is InChI=1S/C21H27F2NO/c1-17(23)15-21(13-14-22)24(20-11-7-4-8-12-20)18(2)25-16-19-9-5-3-6-10-19/h4,7-8,11-13,15,19H,2-3,5-6,9-10,14,16H2,1H3/b17-15+,21-13+. The van der Waals surface area contributed by atoms with Gasteiger partial charge in [-0.25, -0.2) is 8.78 Å².